The number of aromatic amines is 1. The Kier molecular flexibility index (Phi) is 6.60. The monoisotopic (exact) mass is 445 g/mol. The number of carbonyl (C=O) groups is 1. The number of pyridine rings is 1. The lowest BCUT2D eigenvalue weighted by Gasteiger charge is -2.33. The van der Waals surface area contributed by atoms with Crippen molar-refractivity contribution in [3.8, 4) is 5.75 Å². The number of nitrogens with zero attached hydrogens (tertiary/aromatic N) is 1. The van der Waals surface area contributed by atoms with E-state index < -0.39 is 11.7 Å². The lowest BCUT2D eigenvalue weighted by atomic mass is 9.80. The molecule has 170 valence electrons. The Morgan fingerprint density at radius 2 is 1.97 bits per heavy atom. The molecule has 33 heavy (non-hydrogen) atoms. The van der Waals surface area contributed by atoms with Crippen LogP contribution >= 0.6 is 0 Å². The van der Waals surface area contributed by atoms with Crippen LogP contribution in [0.5, 0.6) is 5.75 Å². The molecule has 2 aromatic heterocycles. The fraction of sp³-hybridized carbons (Fsp3) is 0.231. The van der Waals surface area contributed by atoms with Crippen LogP contribution in [0.3, 0.4) is 0 Å². The van der Waals surface area contributed by atoms with Gasteiger partial charge >= 0.3 is 6.09 Å². The first kappa shape index (κ1) is 22.4. The molecule has 0 bridgehead atoms. The number of fused-ring (bicyclic) bond motifs is 1. The third kappa shape index (κ3) is 4.99. The number of hydrogen-bond acceptors (Lipinski definition) is 5. The van der Waals surface area contributed by atoms with Crippen LogP contribution in [-0.2, 0) is 23.4 Å². The number of benzene rings is 2. The molecule has 7 heteroatoms. The standard InChI is InChI=1S/C26H27N3O4/c1-18(26(31,17-33-25(27)30)21-9-6-12-28-15-21)13-20-14-29-24-22(20)10-5-11-23(24)32-16-19-7-3-2-4-8-19/h2-12,14-15,18,29,31H,13,16-17H2,1H3,(H2,27,30)/t18-,26-/m1/s1. The lowest BCUT2D eigenvalue weighted by molar-refractivity contribution is -0.0651. The molecule has 0 aliphatic heterocycles. The number of primary amides is 1. The molecular formula is C26H27N3O4. The Balaban J connectivity index is 1.57. The topological polar surface area (TPSA) is 110 Å². The maximum absolute atomic E-state index is 11.5. The minimum atomic E-state index is -1.45. The maximum Gasteiger partial charge on any atom is 0.404 e. The first-order valence-corrected chi connectivity index (χ1v) is 10.8. The van der Waals surface area contributed by atoms with Gasteiger partial charge in [0.05, 0.1) is 5.52 Å². The Hall–Kier alpha value is -3.84. The van der Waals surface area contributed by atoms with E-state index in [0.717, 1.165) is 27.8 Å². The number of H-pyrrole nitrogens is 1. The van der Waals surface area contributed by atoms with Crippen molar-refractivity contribution in [2.24, 2.45) is 11.7 Å². The number of aliphatic hydroxyl groups is 1. The van der Waals surface area contributed by atoms with Crippen molar-refractivity contribution >= 4 is 17.0 Å². The highest BCUT2D eigenvalue weighted by Crippen LogP contribution is 2.35. The molecule has 1 amide bonds. The zero-order valence-electron chi connectivity index (χ0n) is 18.4. The number of hydrogen-bond donors (Lipinski definition) is 3. The largest absolute Gasteiger partial charge is 0.487 e. The number of carbonyl (C=O) groups excluding carboxylic acids is 1. The number of rotatable bonds is 9. The van der Waals surface area contributed by atoms with E-state index in [9.17, 15) is 9.90 Å². The number of para-hydroxylation sites is 1. The zero-order valence-corrected chi connectivity index (χ0v) is 18.4. The molecule has 0 spiro atoms. The van der Waals surface area contributed by atoms with Crippen molar-refractivity contribution in [1.82, 2.24) is 9.97 Å². The highest BCUT2D eigenvalue weighted by atomic mass is 16.6. The van der Waals surface area contributed by atoms with Crippen molar-refractivity contribution in [2.75, 3.05) is 6.61 Å². The number of nitrogens with one attached hydrogen (secondary N) is 1. The molecule has 0 unspecified atom stereocenters. The predicted molar refractivity (Wildman–Crippen MR) is 126 cm³/mol. The van der Waals surface area contributed by atoms with Gasteiger partial charge in [-0.25, -0.2) is 4.79 Å². The SMILES string of the molecule is C[C@H](Cc1c[nH]c2c(OCc3ccccc3)cccc12)[C@](O)(COC(N)=O)c1cccnc1. The molecule has 0 aliphatic rings. The molecule has 2 heterocycles. The normalized spacial score (nSPS) is 13.9. The van der Waals surface area contributed by atoms with Gasteiger partial charge in [0.15, 0.2) is 0 Å². The van der Waals surface area contributed by atoms with Gasteiger partial charge in [-0.05, 0) is 35.6 Å². The summed E-state index contributed by atoms with van der Waals surface area (Å²) in [4.78, 5) is 18.7. The van der Waals surface area contributed by atoms with Gasteiger partial charge in [-0.15, -0.1) is 0 Å². The summed E-state index contributed by atoms with van der Waals surface area (Å²) in [6, 6.07) is 19.4. The third-order valence-electron chi connectivity index (χ3n) is 5.94. The first-order chi connectivity index (χ1) is 16.0. The van der Waals surface area contributed by atoms with Gasteiger partial charge < -0.3 is 25.3 Å². The van der Waals surface area contributed by atoms with E-state index in [0.29, 0.717) is 18.6 Å². The van der Waals surface area contributed by atoms with Gasteiger partial charge in [0, 0.05) is 29.5 Å². The summed E-state index contributed by atoms with van der Waals surface area (Å²) in [6.07, 6.45) is 4.72. The number of ether oxygens (including phenoxy) is 2. The number of amides is 1. The molecule has 0 saturated heterocycles. The quantitative estimate of drug-likeness (QED) is 0.356. The van der Waals surface area contributed by atoms with Gasteiger partial charge in [-0.3, -0.25) is 4.98 Å². The summed E-state index contributed by atoms with van der Waals surface area (Å²) in [5.41, 5.74) is 7.28. The van der Waals surface area contributed by atoms with Gasteiger partial charge in [0.25, 0.3) is 0 Å². The molecule has 0 fully saturated rings. The van der Waals surface area contributed by atoms with Crippen LogP contribution in [-0.4, -0.2) is 27.8 Å². The number of aromatic nitrogens is 2. The molecule has 0 aliphatic carbocycles. The van der Waals surface area contributed by atoms with E-state index in [-0.39, 0.29) is 12.5 Å². The maximum atomic E-state index is 11.5. The average Bonchev–Trinajstić information content (AvgIpc) is 3.25. The Labute approximate surface area is 192 Å². The van der Waals surface area contributed by atoms with Crippen LogP contribution in [0.1, 0.15) is 23.6 Å². The zero-order chi connectivity index (χ0) is 23.3. The second-order valence-electron chi connectivity index (χ2n) is 8.15. The van der Waals surface area contributed by atoms with Gasteiger partial charge in [-0.2, -0.15) is 0 Å². The van der Waals surface area contributed by atoms with E-state index in [2.05, 4.69) is 9.97 Å². The fourth-order valence-corrected chi connectivity index (χ4v) is 4.02. The fourth-order valence-electron chi connectivity index (χ4n) is 4.02. The predicted octanol–water partition coefficient (Wildman–Crippen LogP) is 4.30. The molecule has 0 radical (unpaired) electrons. The molecule has 2 atom stereocenters. The molecule has 2 aromatic carbocycles. The van der Waals surface area contributed by atoms with Crippen molar-refractivity contribution in [2.45, 2.75) is 25.6 Å². The van der Waals surface area contributed by atoms with E-state index >= 15 is 0 Å². The van der Waals surface area contributed by atoms with Crippen molar-refractivity contribution in [1.29, 1.82) is 0 Å². The summed E-state index contributed by atoms with van der Waals surface area (Å²) >= 11 is 0. The highest BCUT2D eigenvalue weighted by molar-refractivity contribution is 5.88. The second-order valence-corrected chi connectivity index (χ2v) is 8.15. The third-order valence-corrected chi connectivity index (χ3v) is 5.94. The van der Waals surface area contributed by atoms with E-state index in [1.54, 1.807) is 24.5 Å². The van der Waals surface area contributed by atoms with Crippen molar-refractivity contribution < 1.29 is 19.4 Å². The van der Waals surface area contributed by atoms with E-state index in [4.69, 9.17) is 15.2 Å². The van der Waals surface area contributed by atoms with Crippen molar-refractivity contribution in [3.63, 3.8) is 0 Å². The molecule has 0 saturated carbocycles. The number of nitrogens with two attached hydrogens (primary N) is 1. The Bertz CT molecular complexity index is 1210. The summed E-state index contributed by atoms with van der Waals surface area (Å²) in [5, 5.41) is 12.5. The molecule has 4 aromatic rings. The summed E-state index contributed by atoms with van der Waals surface area (Å²) in [6.45, 7) is 2.12. The first-order valence-electron chi connectivity index (χ1n) is 10.8. The second kappa shape index (κ2) is 9.75. The minimum absolute atomic E-state index is 0.261. The van der Waals surface area contributed by atoms with E-state index in [1.165, 1.54) is 0 Å². The average molecular weight is 446 g/mol. The van der Waals surface area contributed by atoms with Gasteiger partial charge in [-0.1, -0.05) is 55.5 Å². The molecule has 7 nitrogen and oxygen atoms in total. The highest BCUT2D eigenvalue weighted by Gasteiger charge is 2.38. The summed E-state index contributed by atoms with van der Waals surface area (Å²) < 4.78 is 11.1. The van der Waals surface area contributed by atoms with Crippen LogP contribution in [0.4, 0.5) is 4.79 Å². The molecule has 4 rings (SSSR count). The van der Waals surface area contributed by atoms with Crippen LogP contribution in [0, 0.1) is 5.92 Å². The van der Waals surface area contributed by atoms with Gasteiger partial charge in [0.1, 0.15) is 24.6 Å². The van der Waals surface area contributed by atoms with Crippen molar-refractivity contribution in [3.05, 3.63) is 95.9 Å². The minimum Gasteiger partial charge on any atom is -0.487 e. The summed E-state index contributed by atoms with van der Waals surface area (Å²) in [5.74, 6) is 0.448. The molecular weight excluding hydrogens is 418 g/mol. The smallest absolute Gasteiger partial charge is 0.404 e. The molecule has 4 N–H and O–H groups in total. The van der Waals surface area contributed by atoms with Crippen LogP contribution in [0.15, 0.2) is 79.3 Å². The van der Waals surface area contributed by atoms with Crippen LogP contribution < -0.4 is 10.5 Å². The summed E-state index contributed by atoms with van der Waals surface area (Å²) in [7, 11) is 0. The van der Waals surface area contributed by atoms with Crippen LogP contribution in [0.25, 0.3) is 10.9 Å². The van der Waals surface area contributed by atoms with Gasteiger partial charge in [0.2, 0.25) is 0 Å². The lowest BCUT2D eigenvalue weighted by Crippen LogP contribution is -2.41. The Morgan fingerprint density at radius 1 is 1.15 bits per heavy atom. The Morgan fingerprint density at radius 3 is 2.70 bits per heavy atom. The van der Waals surface area contributed by atoms with Crippen LogP contribution in [0.2, 0.25) is 0 Å². The van der Waals surface area contributed by atoms with E-state index in [1.807, 2.05) is 61.7 Å².